The predicted octanol–water partition coefficient (Wildman–Crippen LogP) is 3.45. The molecule has 0 unspecified atom stereocenters. The van der Waals surface area contributed by atoms with E-state index in [1.807, 2.05) is 12.1 Å². The van der Waals surface area contributed by atoms with Gasteiger partial charge < -0.3 is 20.4 Å². The Kier molecular flexibility index (Phi) is 5.53. The Balaban J connectivity index is 1.67. The summed E-state index contributed by atoms with van der Waals surface area (Å²) in [4.78, 5) is 39.6. The van der Waals surface area contributed by atoms with Crippen molar-refractivity contribution in [3.05, 3.63) is 46.8 Å². The SMILES string of the molecule is COC(=O)c1c(C)[nH]c(C(=O)[C@@H](C)Nc2ccc(NC(=O)C3CC3)cc2)c1C. The Morgan fingerprint density at radius 3 is 2.29 bits per heavy atom. The normalized spacial score (nSPS) is 14.3. The maximum atomic E-state index is 12.8. The fraction of sp³-hybridized carbons (Fsp3) is 0.381. The van der Waals surface area contributed by atoms with Crippen LogP contribution in [-0.2, 0) is 9.53 Å². The number of esters is 1. The molecule has 7 heteroatoms. The van der Waals surface area contributed by atoms with Crippen molar-refractivity contribution >= 4 is 29.0 Å². The molecule has 1 aliphatic rings. The van der Waals surface area contributed by atoms with E-state index in [1.165, 1.54) is 7.11 Å². The largest absolute Gasteiger partial charge is 0.465 e. The summed E-state index contributed by atoms with van der Waals surface area (Å²) in [6.07, 6.45) is 1.92. The van der Waals surface area contributed by atoms with Gasteiger partial charge in [-0.1, -0.05) is 0 Å². The highest BCUT2D eigenvalue weighted by Crippen LogP contribution is 2.30. The summed E-state index contributed by atoms with van der Waals surface area (Å²) in [7, 11) is 1.32. The number of aryl methyl sites for hydroxylation is 1. The van der Waals surface area contributed by atoms with Crippen molar-refractivity contribution in [2.24, 2.45) is 5.92 Å². The zero-order valence-corrected chi connectivity index (χ0v) is 16.5. The van der Waals surface area contributed by atoms with Crippen LogP contribution in [0.5, 0.6) is 0 Å². The molecule has 0 spiro atoms. The number of methoxy groups -OCH3 is 1. The Labute approximate surface area is 163 Å². The summed E-state index contributed by atoms with van der Waals surface area (Å²) in [5.41, 5.74) is 3.48. The number of aromatic nitrogens is 1. The van der Waals surface area contributed by atoms with Crippen LogP contribution in [0.25, 0.3) is 0 Å². The van der Waals surface area contributed by atoms with Crippen molar-refractivity contribution in [3.63, 3.8) is 0 Å². The number of hydrogen-bond acceptors (Lipinski definition) is 5. The lowest BCUT2D eigenvalue weighted by Gasteiger charge is -2.15. The minimum absolute atomic E-state index is 0.0586. The van der Waals surface area contributed by atoms with Gasteiger partial charge in [-0.2, -0.15) is 0 Å². The molecule has 1 heterocycles. The number of carbonyl (C=O) groups excluding carboxylic acids is 3. The lowest BCUT2D eigenvalue weighted by Crippen LogP contribution is -2.27. The number of carbonyl (C=O) groups is 3. The number of benzene rings is 1. The van der Waals surface area contributed by atoms with Gasteiger partial charge in [-0.15, -0.1) is 0 Å². The first kappa shape index (κ1) is 19.7. The van der Waals surface area contributed by atoms with E-state index >= 15 is 0 Å². The van der Waals surface area contributed by atoms with Crippen LogP contribution in [0.2, 0.25) is 0 Å². The second-order valence-electron chi connectivity index (χ2n) is 7.19. The van der Waals surface area contributed by atoms with Crippen molar-refractivity contribution in [1.82, 2.24) is 4.98 Å². The van der Waals surface area contributed by atoms with Crippen LogP contribution in [0.1, 0.15) is 51.9 Å². The van der Waals surface area contributed by atoms with E-state index in [9.17, 15) is 14.4 Å². The Hall–Kier alpha value is -3.09. The third-order valence-electron chi connectivity index (χ3n) is 4.95. The minimum atomic E-state index is -0.505. The van der Waals surface area contributed by atoms with Gasteiger partial charge in [-0.3, -0.25) is 9.59 Å². The topological polar surface area (TPSA) is 100 Å². The van der Waals surface area contributed by atoms with Crippen LogP contribution < -0.4 is 10.6 Å². The number of aromatic amines is 1. The summed E-state index contributed by atoms with van der Waals surface area (Å²) >= 11 is 0. The average Bonchev–Trinajstić information content (AvgIpc) is 3.48. The molecule has 0 bridgehead atoms. The number of hydrogen-bond donors (Lipinski definition) is 3. The van der Waals surface area contributed by atoms with Crippen molar-refractivity contribution in [1.29, 1.82) is 0 Å². The number of rotatable bonds is 7. The maximum Gasteiger partial charge on any atom is 0.339 e. The summed E-state index contributed by atoms with van der Waals surface area (Å²) in [5.74, 6) is -0.405. The molecule has 3 rings (SSSR count). The van der Waals surface area contributed by atoms with Gasteiger partial charge in [0.15, 0.2) is 0 Å². The molecule has 1 aliphatic carbocycles. The van der Waals surface area contributed by atoms with E-state index in [-0.39, 0.29) is 17.6 Å². The number of Topliss-reactive ketones (excluding diaryl/α,β-unsaturated/α-hetero) is 1. The average molecular weight is 383 g/mol. The quantitative estimate of drug-likeness (QED) is 0.502. The third-order valence-corrected chi connectivity index (χ3v) is 4.95. The van der Waals surface area contributed by atoms with Crippen molar-refractivity contribution < 1.29 is 19.1 Å². The standard InChI is InChI=1S/C21H25N3O4/c1-11-17(21(27)28-4)12(2)23-18(11)19(25)13(3)22-15-7-9-16(10-8-15)24-20(26)14-5-6-14/h7-10,13-14,22-23H,5-6H2,1-4H3,(H,24,26)/t13-/m1/s1. The van der Waals surface area contributed by atoms with Gasteiger partial charge >= 0.3 is 5.97 Å². The fourth-order valence-corrected chi connectivity index (χ4v) is 3.18. The van der Waals surface area contributed by atoms with Gasteiger partial charge in [0.1, 0.15) is 0 Å². The van der Waals surface area contributed by atoms with Gasteiger partial charge in [0.05, 0.1) is 24.4 Å². The molecule has 3 N–H and O–H groups in total. The molecule has 1 amide bonds. The van der Waals surface area contributed by atoms with Crippen LogP contribution in [0.15, 0.2) is 24.3 Å². The van der Waals surface area contributed by atoms with E-state index in [0.29, 0.717) is 22.5 Å². The lowest BCUT2D eigenvalue weighted by molar-refractivity contribution is -0.117. The number of ketones is 1. The number of nitrogens with one attached hydrogen (secondary N) is 3. The molecule has 2 aromatic rings. The molecular formula is C21H25N3O4. The summed E-state index contributed by atoms with van der Waals surface area (Å²) in [6.45, 7) is 5.23. The van der Waals surface area contributed by atoms with Gasteiger partial charge in [0, 0.05) is 23.0 Å². The maximum absolute atomic E-state index is 12.8. The molecule has 1 aromatic carbocycles. The van der Waals surface area contributed by atoms with Gasteiger partial charge in [-0.05, 0) is 63.4 Å². The minimum Gasteiger partial charge on any atom is -0.465 e. The molecule has 1 atom stereocenters. The number of anilines is 2. The van der Waals surface area contributed by atoms with Crippen LogP contribution in [0.4, 0.5) is 11.4 Å². The van der Waals surface area contributed by atoms with Gasteiger partial charge in [0.2, 0.25) is 11.7 Å². The van der Waals surface area contributed by atoms with Crippen LogP contribution >= 0.6 is 0 Å². The van der Waals surface area contributed by atoms with Crippen LogP contribution in [0, 0.1) is 19.8 Å². The van der Waals surface area contributed by atoms with Crippen molar-refractivity contribution in [3.8, 4) is 0 Å². The van der Waals surface area contributed by atoms with Gasteiger partial charge in [-0.25, -0.2) is 4.79 Å². The second-order valence-corrected chi connectivity index (χ2v) is 7.19. The Morgan fingerprint density at radius 1 is 1.11 bits per heavy atom. The highest BCUT2D eigenvalue weighted by atomic mass is 16.5. The van der Waals surface area contributed by atoms with E-state index in [0.717, 1.165) is 24.2 Å². The van der Waals surface area contributed by atoms with E-state index in [2.05, 4.69) is 15.6 Å². The first-order chi connectivity index (χ1) is 13.3. The first-order valence-electron chi connectivity index (χ1n) is 9.31. The van der Waals surface area contributed by atoms with Crippen molar-refractivity contribution in [2.45, 2.75) is 39.7 Å². The molecule has 0 aliphatic heterocycles. The molecule has 1 fully saturated rings. The van der Waals surface area contributed by atoms with E-state index < -0.39 is 12.0 Å². The molecule has 1 aromatic heterocycles. The Bertz CT molecular complexity index is 910. The second kappa shape index (κ2) is 7.88. The number of amides is 1. The zero-order chi connectivity index (χ0) is 20.4. The summed E-state index contributed by atoms with van der Waals surface area (Å²) in [5, 5.41) is 6.04. The molecule has 0 radical (unpaired) electrons. The molecule has 28 heavy (non-hydrogen) atoms. The number of ether oxygens (including phenoxy) is 1. The molecular weight excluding hydrogens is 358 g/mol. The third kappa shape index (κ3) is 4.08. The van der Waals surface area contributed by atoms with Crippen molar-refractivity contribution in [2.75, 3.05) is 17.7 Å². The fourth-order valence-electron chi connectivity index (χ4n) is 3.18. The first-order valence-corrected chi connectivity index (χ1v) is 9.31. The highest BCUT2D eigenvalue weighted by Gasteiger charge is 2.29. The van der Waals surface area contributed by atoms with Crippen LogP contribution in [-0.4, -0.2) is 35.8 Å². The molecule has 148 valence electrons. The molecule has 0 saturated heterocycles. The molecule has 1 saturated carbocycles. The lowest BCUT2D eigenvalue weighted by atomic mass is 10.0. The smallest absolute Gasteiger partial charge is 0.339 e. The predicted molar refractivity (Wildman–Crippen MR) is 107 cm³/mol. The molecule has 7 nitrogen and oxygen atoms in total. The zero-order valence-electron chi connectivity index (χ0n) is 16.5. The van der Waals surface area contributed by atoms with E-state index in [4.69, 9.17) is 4.74 Å². The Morgan fingerprint density at radius 2 is 1.71 bits per heavy atom. The number of H-pyrrole nitrogens is 1. The highest BCUT2D eigenvalue weighted by molar-refractivity contribution is 6.04. The monoisotopic (exact) mass is 383 g/mol. The van der Waals surface area contributed by atoms with Crippen LogP contribution in [0.3, 0.4) is 0 Å². The van der Waals surface area contributed by atoms with Gasteiger partial charge in [0.25, 0.3) is 0 Å². The summed E-state index contributed by atoms with van der Waals surface area (Å²) < 4.78 is 4.79. The van der Waals surface area contributed by atoms with E-state index in [1.54, 1.807) is 32.9 Å². The summed E-state index contributed by atoms with van der Waals surface area (Å²) in [6, 6.07) is 6.74.